The molecule has 0 radical (unpaired) electrons. The maximum absolute atomic E-state index is 13.6. The number of rotatable bonds is 2. The third-order valence-electron chi connectivity index (χ3n) is 9.02. The molecule has 214 valence electrons. The summed E-state index contributed by atoms with van der Waals surface area (Å²) in [5.74, 6) is 0.302. The van der Waals surface area contributed by atoms with E-state index in [2.05, 4.69) is 20.5 Å². The number of carbonyl (C=O) groups excluding carboxylic acids is 2. The van der Waals surface area contributed by atoms with Crippen LogP contribution in [0.3, 0.4) is 0 Å². The molecule has 4 aliphatic rings. The van der Waals surface area contributed by atoms with Gasteiger partial charge in [0.1, 0.15) is 11.9 Å². The Bertz CT molecular complexity index is 1190. The van der Waals surface area contributed by atoms with E-state index >= 15 is 0 Å². The van der Waals surface area contributed by atoms with Gasteiger partial charge < -0.3 is 25.2 Å². The molecule has 2 saturated heterocycles. The highest BCUT2D eigenvalue weighted by Crippen LogP contribution is 2.32. The molecule has 2 aromatic rings. The standard InChI is InChI=1S/C31H40N4O5/c36-27-9-7-24-12-15-39-28-16-21(20-10-13-32-14-11-20)6-8-25(28)30(37)34-22-17-26(31(38)33-18-29(27)40-24)35(19-22)23-4-2-1-3-5-23/h6,8,10-11,13-14,16,22-24,26-27,29,36H,1-5,7,9,12,15,17-19H2,(H,33,38)(H,34,37)/t22-,24-,26-,27-,29+/m0/s1. The van der Waals surface area contributed by atoms with Crippen LogP contribution in [0.15, 0.2) is 42.7 Å². The van der Waals surface area contributed by atoms with Crippen LogP contribution >= 0.6 is 0 Å². The van der Waals surface area contributed by atoms with Crippen LogP contribution in [0.25, 0.3) is 11.1 Å². The number of fused-ring (bicyclic) bond motifs is 5. The number of aliphatic hydroxyl groups excluding tert-OH is 1. The van der Waals surface area contributed by atoms with Crippen LogP contribution in [-0.4, -0.2) is 82.9 Å². The lowest BCUT2D eigenvalue weighted by atomic mass is 9.93. The second-order valence-electron chi connectivity index (χ2n) is 11.7. The normalized spacial score (nSPS) is 30.6. The summed E-state index contributed by atoms with van der Waals surface area (Å²) < 4.78 is 12.5. The minimum absolute atomic E-state index is 0.0435. The molecular formula is C31H40N4O5. The highest BCUT2D eigenvalue weighted by atomic mass is 16.5. The van der Waals surface area contributed by atoms with Crippen LogP contribution in [0.2, 0.25) is 0 Å². The van der Waals surface area contributed by atoms with Crippen molar-refractivity contribution in [3.63, 3.8) is 0 Å². The number of hydrogen-bond acceptors (Lipinski definition) is 7. The van der Waals surface area contributed by atoms with Crippen molar-refractivity contribution in [3.8, 4) is 16.9 Å². The number of nitrogens with one attached hydrogen (secondary N) is 2. The molecule has 3 aliphatic heterocycles. The summed E-state index contributed by atoms with van der Waals surface area (Å²) in [4.78, 5) is 33.6. The van der Waals surface area contributed by atoms with E-state index in [1.807, 2.05) is 30.3 Å². The summed E-state index contributed by atoms with van der Waals surface area (Å²) in [6.45, 7) is 1.30. The molecule has 4 heterocycles. The van der Waals surface area contributed by atoms with E-state index in [-0.39, 0.29) is 36.5 Å². The molecule has 3 N–H and O–H groups in total. The lowest BCUT2D eigenvalue weighted by Crippen LogP contribution is -2.52. The highest BCUT2D eigenvalue weighted by molar-refractivity contribution is 5.98. The fourth-order valence-corrected chi connectivity index (χ4v) is 6.82. The van der Waals surface area contributed by atoms with E-state index in [0.29, 0.717) is 49.8 Å². The smallest absolute Gasteiger partial charge is 0.255 e. The molecule has 1 aromatic heterocycles. The minimum atomic E-state index is -0.606. The second kappa shape index (κ2) is 12.2. The molecule has 3 fully saturated rings. The molecule has 1 saturated carbocycles. The number of amides is 2. The van der Waals surface area contributed by atoms with Gasteiger partial charge in [0.05, 0.1) is 30.4 Å². The number of aliphatic hydroxyl groups is 1. The predicted octanol–water partition coefficient (Wildman–Crippen LogP) is 3.06. The van der Waals surface area contributed by atoms with Crippen molar-refractivity contribution in [2.45, 2.75) is 94.2 Å². The van der Waals surface area contributed by atoms with Crippen LogP contribution in [-0.2, 0) is 9.53 Å². The van der Waals surface area contributed by atoms with E-state index in [0.717, 1.165) is 30.4 Å². The molecule has 9 nitrogen and oxygen atoms in total. The molecule has 2 amide bonds. The summed E-state index contributed by atoms with van der Waals surface area (Å²) in [7, 11) is 0. The van der Waals surface area contributed by atoms with Gasteiger partial charge >= 0.3 is 0 Å². The van der Waals surface area contributed by atoms with Crippen LogP contribution < -0.4 is 15.4 Å². The van der Waals surface area contributed by atoms with Crippen LogP contribution in [0.1, 0.15) is 68.1 Å². The lowest BCUT2D eigenvalue weighted by Gasteiger charge is -2.36. The third kappa shape index (κ3) is 6.01. The number of aromatic nitrogens is 1. The van der Waals surface area contributed by atoms with Crippen molar-refractivity contribution in [3.05, 3.63) is 48.3 Å². The van der Waals surface area contributed by atoms with Crippen molar-refractivity contribution in [1.29, 1.82) is 0 Å². The predicted molar refractivity (Wildman–Crippen MR) is 150 cm³/mol. The molecule has 9 heteroatoms. The van der Waals surface area contributed by atoms with Gasteiger partial charge in [-0.2, -0.15) is 0 Å². The van der Waals surface area contributed by atoms with Gasteiger partial charge in [0, 0.05) is 44.0 Å². The number of hydrogen-bond donors (Lipinski definition) is 3. The zero-order valence-electron chi connectivity index (χ0n) is 23.0. The fourth-order valence-electron chi connectivity index (χ4n) is 6.82. The van der Waals surface area contributed by atoms with E-state index in [4.69, 9.17) is 9.47 Å². The molecule has 4 bridgehead atoms. The molecule has 0 spiro atoms. The van der Waals surface area contributed by atoms with Crippen molar-refractivity contribution >= 4 is 11.8 Å². The van der Waals surface area contributed by atoms with Gasteiger partial charge in [-0.3, -0.25) is 19.5 Å². The van der Waals surface area contributed by atoms with E-state index in [9.17, 15) is 14.7 Å². The maximum Gasteiger partial charge on any atom is 0.255 e. The summed E-state index contributed by atoms with van der Waals surface area (Å²) in [5.41, 5.74) is 2.43. The quantitative estimate of drug-likeness (QED) is 0.529. The van der Waals surface area contributed by atoms with Gasteiger partial charge in [0.2, 0.25) is 5.91 Å². The number of benzene rings is 1. The Morgan fingerprint density at radius 2 is 1.77 bits per heavy atom. The van der Waals surface area contributed by atoms with E-state index in [1.165, 1.54) is 19.3 Å². The lowest BCUT2D eigenvalue weighted by molar-refractivity contribution is -0.134. The number of likely N-dealkylation sites (tertiary alicyclic amines) is 1. The van der Waals surface area contributed by atoms with Gasteiger partial charge in [0.25, 0.3) is 5.91 Å². The van der Waals surface area contributed by atoms with Crippen LogP contribution in [0.5, 0.6) is 5.75 Å². The Morgan fingerprint density at radius 1 is 0.950 bits per heavy atom. The van der Waals surface area contributed by atoms with Crippen LogP contribution in [0.4, 0.5) is 0 Å². The molecular weight excluding hydrogens is 508 g/mol. The average molecular weight is 549 g/mol. The summed E-state index contributed by atoms with van der Waals surface area (Å²) in [5, 5.41) is 16.9. The van der Waals surface area contributed by atoms with Gasteiger partial charge in [0.15, 0.2) is 0 Å². The Kier molecular flexibility index (Phi) is 8.32. The van der Waals surface area contributed by atoms with Gasteiger partial charge in [-0.1, -0.05) is 25.3 Å². The molecule has 40 heavy (non-hydrogen) atoms. The second-order valence-corrected chi connectivity index (χ2v) is 11.7. The number of nitrogens with zero attached hydrogens (tertiary/aromatic N) is 2. The largest absolute Gasteiger partial charge is 0.493 e. The van der Waals surface area contributed by atoms with E-state index in [1.54, 1.807) is 12.4 Å². The molecule has 0 unspecified atom stereocenters. The van der Waals surface area contributed by atoms with Crippen molar-refractivity contribution in [1.82, 2.24) is 20.5 Å². The fraction of sp³-hybridized carbons (Fsp3) is 0.581. The summed E-state index contributed by atoms with van der Waals surface area (Å²) in [6.07, 6.45) is 10.6. The first kappa shape index (κ1) is 27.2. The average Bonchev–Trinajstić information content (AvgIpc) is 3.41. The first-order chi connectivity index (χ1) is 19.5. The summed E-state index contributed by atoms with van der Waals surface area (Å²) >= 11 is 0. The number of ether oxygens (including phenoxy) is 2. The van der Waals surface area contributed by atoms with Crippen LogP contribution in [0, 0.1) is 0 Å². The Hall–Kier alpha value is -3.01. The van der Waals surface area contributed by atoms with Gasteiger partial charge in [-0.05, 0) is 67.5 Å². The highest BCUT2D eigenvalue weighted by Gasteiger charge is 2.42. The third-order valence-corrected chi connectivity index (χ3v) is 9.02. The van der Waals surface area contributed by atoms with E-state index < -0.39 is 12.2 Å². The monoisotopic (exact) mass is 548 g/mol. The first-order valence-corrected chi connectivity index (χ1v) is 14.9. The zero-order valence-corrected chi connectivity index (χ0v) is 23.0. The van der Waals surface area contributed by atoms with Crippen molar-refractivity contribution < 1.29 is 24.2 Å². The maximum atomic E-state index is 13.6. The Labute approximate surface area is 235 Å². The first-order valence-electron chi connectivity index (χ1n) is 14.9. The molecule has 6 rings (SSSR count). The summed E-state index contributed by atoms with van der Waals surface area (Å²) in [6, 6.07) is 9.42. The minimum Gasteiger partial charge on any atom is -0.493 e. The SMILES string of the molecule is O=C1N[C@H]2C[C@@H](C(=O)NC[C@H]3O[C@H](CCOc4cc(-c5ccncc5)ccc41)CC[C@@H]3O)N(C1CCCCC1)C2. The van der Waals surface area contributed by atoms with Crippen molar-refractivity contribution in [2.75, 3.05) is 19.7 Å². The topological polar surface area (TPSA) is 113 Å². The molecule has 5 atom stereocenters. The Morgan fingerprint density at radius 3 is 2.60 bits per heavy atom. The number of carbonyl (C=O) groups is 2. The van der Waals surface area contributed by atoms with Gasteiger partial charge in [-0.25, -0.2) is 0 Å². The Balaban J connectivity index is 1.29. The zero-order chi connectivity index (χ0) is 27.5. The van der Waals surface area contributed by atoms with Gasteiger partial charge in [-0.15, -0.1) is 0 Å². The number of pyridine rings is 1. The van der Waals surface area contributed by atoms with Crippen molar-refractivity contribution in [2.24, 2.45) is 0 Å². The molecule has 1 aromatic carbocycles. The molecule has 1 aliphatic carbocycles.